The van der Waals surface area contributed by atoms with E-state index < -0.39 is 7.80 Å². The van der Waals surface area contributed by atoms with Gasteiger partial charge in [-0.3, -0.25) is 0 Å². The van der Waals surface area contributed by atoms with Gasteiger partial charge in [0.05, 0.1) is 0 Å². The Morgan fingerprint density at radius 2 is 1.93 bits per heavy atom. The number of hydrogen-bond acceptors (Lipinski definition) is 1. The summed E-state index contributed by atoms with van der Waals surface area (Å²) in [6.07, 6.45) is 4.78. The third kappa shape index (κ3) is 1.32. The van der Waals surface area contributed by atoms with E-state index in [9.17, 15) is 4.57 Å². The van der Waals surface area contributed by atoms with E-state index in [2.05, 4.69) is 24.3 Å². The minimum Gasteiger partial charge on any atom is -0.0677 e. The van der Waals surface area contributed by atoms with Crippen LogP contribution in [0.15, 0.2) is 42.5 Å². The van der Waals surface area contributed by atoms with E-state index >= 15 is 0 Å². The van der Waals surface area contributed by atoms with Gasteiger partial charge in [0.2, 0.25) is 0 Å². The molecule has 1 aliphatic heterocycles. The van der Waals surface area contributed by atoms with Crippen LogP contribution in [0.4, 0.5) is 0 Å². The van der Waals surface area contributed by atoms with E-state index in [1.807, 2.05) is 24.3 Å². The molecule has 1 aliphatic rings. The van der Waals surface area contributed by atoms with Gasteiger partial charge in [-0.2, -0.15) is 0 Å². The van der Waals surface area contributed by atoms with Crippen molar-refractivity contribution in [3.8, 4) is 0 Å². The summed E-state index contributed by atoms with van der Waals surface area (Å²) in [7, 11) is -1.22. The van der Waals surface area contributed by atoms with E-state index in [1.54, 1.807) is 0 Å². The summed E-state index contributed by atoms with van der Waals surface area (Å²) in [6.45, 7) is 0. The Labute approximate surface area is 89.2 Å². The Bertz CT molecular complexity index is 584. The highest BCUT2D eigenvalue weighted by molar-refractivity contribution is 7.54. The summed E-state index contributed by atoms with van der Waals surface area (Å²) >= 11 is 0. The van der Waals surface area contributed by atoms with Gasteiger partial charge in [0.1, 0.15) is 0 Å². The molecule has 0 radical (unpaired) electrons. The first-order valence-electron chi connectivity index (χ1n) is 4.99. The molecule has 0 fully saturated rings. The summed E-state index contributed by atoms with van der Waals surface area (Å²) < 4.78 is 11.8. The molecule has 3 rings (SSSR count). The fraction of sp³-hybridized carbons (Fsp3) is 0.0769. The molecule has 1 unspecified atom stereocenters. The molecule has 1 atom stereocenters. The number of hydrogen-bond donors (Lipinski definition) is 0. The third-order valence-corrected chi connectivity index (χ3v) is 4.24. The van der Waals surface area contributed by atoms with Gasteiger partial charge in [-0.25, -0.2) is 0 Å². The molecule has 0 saturated carbocycles. The zero-order chi connectivity index (χ0) is 10.3. The highest BCUT2D eigenvalue weighted by Gasteiger charge is 2.25. The minimum absolute atomic E-state index is 0.681. The minimum atomic E-state index is -1.22. The van der Waals surface area contributed by atoms with Crippen molar-refractivity contribution < 1.29 is 4.57 Å². The number of fused-ring (bicyclic) bond motifs is 3. The number of allylic oxidation sites excluding steroid dienone is 1. The second-order valence-electron chi connectivity index (χ2n) is 3.68. The summed E-state index contributed by atoms with van der Waals surface area (Å²) in [6, 6.07) is 12.3. The lowest BCUT2D eigenvalue weighted by molar-refractivity contribution is 0.594. The van der Waals surface area contributed by atoms with Gasteiger partial charge in [-0.05, 0) is 35.1 Å². The fourth-order valence-electron chi connectivity index (χ4n) is 2.04. The van der Waals surface area contributed by atoms with E-state index in [-0.39, 0.29) is 0 Å². The Morgan fingerprint density at radius 1 is 1.07 bits per heavy atom. The van der Waals surface area contributed by atoms with Crippen LogP contribution in [0.2, 0.25) is 0 Å². The second kappa shape index (κ2) is 3.29. The molecule has 0 spiro atoms. The van der Waals surface area contributed by atoms with Gasteiger partial charge in [-0.15, -0.1) is 0 Å². The fourth-order valence-corrected chi connectivity index (χ4v) is 3.24. The van der Waals surface area contributed by atoms with Crippen molar-refractivity contribution >= 4 is 30.0 Å². The molecule has 2 aromatic carbocycles. The second-order valence-corrected chi connectivity index (χ2v) is 5.29. The van der Waals surface area contributed by atoms with Crippen LogP contribution in [0.3, 0.4) is 0 Å². The van der Waals surface area contributed by atoms with Crippen LogP contribution in [-0.4, -0.2) is 6.16 Å². The first kappa shape index (κ1) is 8.82. The summed E-state index contributed by atoms with van der Waals surface area (Å²) in [5, 5.41) is 3.42. The monoisotopic (exact) mass is 213 g/mol. The van der Waals surface area contributed by atoms with Crippen molar-refractivity contribution in [2.75, 3.05) is 6.16 Å². The van der Waals surface area contributed by atoms with E-state index in [4.69, 9.17) is 0 Å². The molecule has 0 N–H and O–H groups in total. The van der Waals surface area contributed by atoms with Crippen LogP contribution in [0.25, 0.3) is 16.8 Å². The molecule has 1 nitrogen and oxygen atoms in total. The number of rotatable bonds is 0. The van der Waals surface area contributed by atoms with E-state index in [0.29, 0.717) is 6.16 Å². The predicted molar refractivity (Wildman–Crippen MR) is 65.1 cm³/mol. The highest BCUT2D eigenvalue weighted by Crippen LogP contribution is 2.31. The molecule has 15 heavy (non-hydrogen) atoms. The zero-order valence-corrected chi connectivity index (χ0v) is 9.08. The third-order valence-electron chi connectivity index (χ3n) is 2.77. The standard InChI is InChI=1S/C13H10OP/c14-15-9-3-6-12-11-5-2-1-4-10(11)7-8-13(12)15/h1-8H,9H2/q+1. The van der Waals surface area contributed by atoms with Crippen molar-refractivity contribution in [1.82, 2.24) is 0 Å². The van der Waals surface area contributed by atoms with Gasteiger partial charge in [-0.1, -0.05) is 28.8 Å². The first-order valence-corrected chi connectivity index (χ1v) is 6.44. The van der Waals surface area contributed by atoms with Crippen LogP contribution in [0.5, 0.6) is 0 Å². The molecule has 0 amide bonds. The Hall–Kier alpha value is -1.46. The average molecular weight is 213 g/mol. The molecule has 2 heteroatoms. The molecule has 72 valence electrons. The van der Waals surface area contributed by atoms with Crippen LogP contribution in [-0.2, 0) is 4.57 Å². The molecular formula is C13H10OP+. The quantitative estimate of drug-likeness (QED) is 0.613. The van der Waals surface area contributed by atoms with Crippen LogP contribution < -0.4 is 5.30 Å². The van der Waals surface area contributed by atoms with Gasteiger partial charge in [0.25, 0.3) is 0 Å². The maximum Gasteiger partial charge on any atom is 0.381 e. The first-order chi connectivity index (χ1) is 7.36. The summed E-state index contributed by atoms with van der Waals surface area (Å²) in [4.78, 5) is 0. The molecule has 1 heterocycles. The summed E-state index contributed by atoms with van der Waals surface area (Å²) in [5.74, 6) is 0. The molecule has 0 saturated heterocycles. The van der Waals surface area contributed by atoms with Gasteiger partial charge in [0.15, 0.2) is 11.5 Å². The largest absolute Gasteiger partial charge is 0.381 e. The van der Waals surface area contributed by atoms with Crippen LogP contribution >= 0.6 is 7.80 Å². The molecule has 2 aromatic rings. The average Bonchev–Trinajstić information content (AvgIpc) is 2.29. The topological polar surface area (TPSA) is 17.1 Å². The van der Waals surface area contributed by atoms with E-state index in [1.165, 1.54) is 10.8 Å². The maximum atomic E-state index is 11.8. The SMILES string of the molecule is O=[P+]1CC=Cc2c1ccc1ccccc21. The lowest BCUT2D eigenvalue weighted by atomic mass is 10.0. The van der Waals surface area contributed by atoms with Crippen molar-refractivity contribution in [2.24, 2.45) is 0 Å². The molecule has 0 aliphatic carbocycles. The molecule has 0 aromatic heterocycles. The van der Waals surface area contributed by atoms with Gasteiger partial charge >= 0.3 is 7.80 Å². The van der Waals surface area contributed by atoms with E-state index in [0.717, 1.165) is 10.9 Å². The molecule has 0 bridgehead atoms. The zero-order valence-electron chi connectivity index (χ0n) is 8.18. The van der Waals surface area contributed by atoms with Crippen LogP contribution in [0.1, 0.15) is 5.56 Å². The highest BCUT2D eigenvalue weighted by atomic mass is 31.1. The van der Waals surface area contributed by atoms with Crippen molar-refractivity contribution in [1.29, 1.82) is 0 Å². The van der Waals surface area contributed by atoms with Gasteiger partial charge < -0.3 is 0 Å². The van der Waals surface area contributed by atoms with Crippen LogP contribution in [0, 0.1) is 0 Å². The smallest absolute Gasteiger partial charge is 0.0677 e. The number of benzene rings is 2. The Kier molecular flexibility index (Phi) is 1.93. The van der Waals surface area contributed by atoms with Gasteiger partial charge in [0, 0.05) is 5.56 Å². The Balaban J connectivity index is 2.44. The lowest BCUT2D eigenvalue weighted by Gasteiger charge is -2.05. The van der Waals surface area contributed by atoms with Crippen molar-refractivity contribution in [3.05, 3.63) is 48.0 Å². The predicted octanol–water partition coefficient (Wildman–Crippen LogP) is 3.32. The summed E-state index contributed by atoms with van der Waals surface area (Å²) in [5.41, 5.74) is 1.14. The van der Waals surface area contributed by atoms with Crippen molar-refractivity contribution in [2.45, 2.75) is 0 Å². The maximum absolute atomic E-state index is 11.8. The lowest BCUT2D eigenvalue weighted by Crippen LogP contribution is -2.06. The molecular weight excluding hydrogens is 203 g/mol. The van der Waals surface area contributed by atoms with Crippen molar-refractivity contribution in [3.63, 3.8) is 0 Å². The Morgan fingerprint density at radius 3 is 2.87 bits per heavy atom. The normalized spacial score (nSPS) is 16.7.